The normalized spacial score (nSPS) is 32.6. The molecular formula is C92H90N8O16. The molecule has 9 heterocycles. The number of carboxylic acids is 4. The van der Waals surface area contributed by atoms with Crippen LogP contribution in [0.2, 0.25) is 0 Å². The number of aromatic amines is 2. The summed E-state index contributed by atoms with van der Waals surface area (Å²) in [5.74, 6) is -8.80. The van der Waals surface area contributed by atoms with Crippen molar-refractivity contribution in [3.63, 3.8) is 0 Å². The molecule has 24 heteroatoms. The summed E-state index contributed by atoms with van der Waals surface area (Å²) in [6.45, 7) is 20.1. The van der Waals surface area contributed by atoms with E-state index in [9.17, 15) is 39.6 Å². The Labute approximate surface area is 668 Å². The van der Waals surface area contributed by atoms with Gasteiger partial charge in [-0.25, -0.2) is 29.6 Å². The SMILES string of the molecule is CC1(C(=O)O)C[C@@]2(C)C[C@@](C)(C1)C(=O)N(c1cccc(-c3c4nc(c(-c5cccc(N6C(=O)[C@@]7(C)CC(C)(C(=O)O)C[C@](C)(C7)C6=O)c5)c5ccc([nH]5)c(-c5cccc(N6C(=O)[C@@]7(C)CC(C)(C(=O)O)C[C@](C)(C7)C6=O)c5)c5nc(c(-c6cccc(N7C(=O)[C@@]8(C)CC(C)(C(=O)O)C[C@](C)(C8)C7=O)c6)c6ccc3[nH]6)C=C5)C=C4)c1)C2=O. The maximum Gasteiger partial charge on any atom is 0.309 e. The Bertz CT molecular complexity index is 5190. The Balaban J connectivity index is 0.921. The molecule has 17 rings (SSSR count). The summed E-state index contributed by atoms with van der Waals surface area (Å²) in [7, 11) is 0. The molecule has 7 aromatic rings. The molecule has 10 aliphatic rings. The molecule has 24 nitrogen and oxygen atoms in total. The summed E-state index contributed by atoms with van der Waals surface area (Å²) in [4.78, 5) is 197. The Morgan fingerprint density at radius 1 is 0.276 bits per heavy atom. The van der Waals surface area contributed by atoms with Gasteiger partial charge in [-0.15, -0.1) is 0 Å². The van der Waals surface area contributed by atoms with Crippen molar-refractivity contribution in [3.8, 4) is 44.5 Å². The van der Waals surface area contributed by atoms with Gasteiger partial charge in [-0.2, -0.15) is 0 Å². The monoisotopic (exact) mass is 1560 g/mol. The number of hydrogen-bond donors (Lipinski definition) is 6. The molecule has 8 fully saturated rings. The van der Waals surface area contributed by atoms with Crippen molar-refractivity contribution in [2.75, 3.05) is 19.6 Å². The molecule has 4 aliphatic carbocycles. The van der Waals surface area contributed by atoms with E-state index in [4.69, 9.17) is 9.97 Å². The summed E-state index contributed by atoms with van der Waals surface area (Å²) in [5, 5.41) is 42.4. The van der Waals surface area contributed by atoms with Gasteiger partial charge in [0, 0.05) is 87.6 Å². The summed E-state index contributed by atoms with van der Waals surface area (Å²) < 4.78 is 0. The van der Waals surface area contributed by atoms with Crippen LogP contribution < -0.4 is 19.6 Å². The van der Waals surface area contributed by atoms with Gasteiger partial charge in [0.2, 0.25) is 47.3 Å². The number of nitrogens with one attached hydrogen (secondary N) is 2. The molecule has 0 radical (unpaired) electrons. The average Bonchev–Trinajstić information content (AvgIpc) is 0.796. The van der Waals surface area contributed by atoms with E-state index in [1.54, 1.807) is 156 Å². The van der Waals surface area contributed by atoms with Crippen LogP contribution in [0.4, 0.5) is 22.7 Å². The van der Waals surface area contributed by atoms with E-state index in [0.717, 1.165) is 0 Å². The highest BCUT2D eigenvalue weighted by molar-refractivity contribution is 6.25. The van der Waals surface area contributed by atoms with Crippen molar-refractivity contribution in [2.45, 2.75) is 160 Å². The molecule has 3 aromatic heterocycles. The van der Waals surface area contributed by atoms with Crippen molar-refractivity contribution in [1.29, 1.82) is 0 Å². The molecule has 4 saturated heterocycles. The molecule has 4 aromatic carbocycles. The van der Waals surface area contributed by atoms with E-state index in [0.29, 0.717) is 89.4 Å². The average molecular weight is 1560 g/mol. The number of aliphatic carboxylic acids is 4. The Morgan fingerprint density at radius 2 is 0.448 bits per heavy atom. The van der Waals surface area contributed by atoms with E-state index >= 15 is 38.4 Å². The van der Waals surface area contributed by atoms with Gasteiger partial charge in [0.15, 0.2) is 0 Å². The third kappa shape index (κ3) is 11.2. The van der Waals surface area contributed by atoms with Crippen molar-refractivity contribution in [2.24, 2.45) is 65.0 Å². The fraction of sp³-hybridized carbons (Fsp3) is 0.391. The number of carboxylic acid groups (broad SMARTS) is 4. The third-order valence-corrected chi connectivity index (χ3v) is 27.5. The number of rotatable bonds is 12. The van der Waals surface area contributed by atoms with E-state index in [1.165, 1.54) is 19.6 Å². The second-order valence-corrected chi connectivity index (χ2v) is 38.6. The van der Waals surface area contributed by atoms with Gasteiger partial charge in [0.25, 0.3) is 0 Å². The zero-order chi connectivity index (χ0) is 83.1. The minimum atomic E-state index is -1.38. The fourth-order valence-corrected chi connectivity index (χ4v) is 24.0. The van der Waals surface area contributed by atoms with Crippen molar-refractivity contribution in [1.82, 2.24) is 19.9 Å². The van der Waals surface area contributed by atoms with Crippen LogP contribution >= 0.6 is 0 Å². The predicted molar refractivity (Wildman–Crippen MR) is 434 cm³/mol. The molecule has 116 heavy (non-hydrogen) atoms. The Kier molecular flexibility index (Phi) is 16.3. The lowest BCUT2D eigenvalue weighted by atomic mass is 9.51. The maximum atomic E-state index is 15.2. The maximum absolute atomic E-state index is 15.2. The van der Waals surface area contributed by atoms with Crippen LogP contribution in [0.1, 0.15) is 183 Å². The largest absolute Gasteiger partial charge is 0.481 e. The molecule has 4 unspecified atom stereocenters. The summed E-state index contributed by atoms with van der Waals surface area (Å²) in [6.07, 6.45) is 7.70. The van der Waals surface area contributed by atoms with Crippen LogP contribution in [0.15, 0.2) is 121 Å². The summed E-state index contributed by atoms with van der Waals surface area (Å²) in [5.41, 5.74) is -7.80. The van der Waals surface area contributed by atoms with Crippen LogP contribution in [0, 0.1) is 65.0 Å². The number of hydrogen-bond acceptors (Lipinski definition) is 14. The number of aromatic nitrogens is 4. The van der Waals surface area contributed by atoms with Gasteiger partial charge in [-0.1, -0.05) is 104 Å². The smallest absolute Gasteiger partial charge is 0.309 e. The Morgan fingerprint density at radius 3 is 0.612 bits per heavy atom. The number of anilines is 4. The number of imide groups is 4. The molecule has 6 aliphatic heterocycles. The predicted octanol–water partition coefficient (Wildman–Crippen LogP) is 16.0. The highest BCUT2D eigenvalue weighted by atomic mass is 16.4. The van der Waals surface area contributed by atoms with Crippen molar-refractivity contribution < 1.29 is 78.0 Å². The van der Waals surface area contributed by atoms with E-state index in [2.05, 4.69) is 9.97 Å². The number of nitrogens with zero attached hydrogens (tertiary/aromatic N) is 6. The molecule has 12 atom stereocenters. The van der Waals surface area contributed by atoms with Crippen LogP contribution in [0.25, 0.3) is 90.9 Å². The lowest BCUT2D eigenvalue weighted by molar-refractivity contribution is -0.169. The summed E-state index contributed by atoms with van der Waals surface area (Å²) in [6, 6.07) is 35.0. The first-order chi connectivity index (χ1) is 54.3. The van der Waals surface area contributed by atoms with E-state index in [1.807, 2.05) is 72.8 Å². The number of benzene rings is 4. The fourth-order valence-electron chi connectivity index (χ4n) is 24.0. The van der Waals surface area contributed by atoms with Crippen LogP contribution in [-0.2, 0) is 57.5 Å². The molecule has 6 N–H and O–H groups in total. The zero-order valence-corrected chi connectivity index (χ0v) is 66.7. The van der Waals surface area contributed by atoms with Crippen molar-refractivity contribution >= 4 is 140 Å². The minimum absolute atomic E-state index is 0.0137. The zero-order valence-electron chi connectivity index (χ0n) is 66.7. The lowest BCUT2D eigenvalue weighted by Gasteiger charge is -2.55. The minimum Gasteiger partial charge on any atom is -0.481 e. The van der Waals surface area contributed by atoms with Gasteiger partial charge >= 0.3 is 23.9 Å². The first-order valence-corrected chi connectivity index (χ1v) is 39.3. The van der Waals surface area contributed by atoms with Crippen molar-refractivity contribution in [3.05, 3.63) is 144 Å². The molecule has 16 bridgehead atoms. The van der Waals surface area contributed by atoms with Gasteiger partial charge in [0.05, 0.1) is 67.2 Å². The third-order valence-electron chi connectivity index (χ3n) is 27.5. The first-order valence-electron chi connectivity index (χ1n) is 39.3. The van der Waals surface area contributed by atoms with E-state index in [-0.39, 0.29) is 99.8 Å². The first kappa shape index (κ1) is 76.5. The molecule has 8 amide bonds. The number of fused-ring (bicyclic) bond motifs is 16. The van der Waals surface area contributed by atoms with E-state index < -0.39 is 136 Å². The standard InChI is InChI=1S/C92H90N8O16/c1-81-37-82(2,42-89(9,41-81)77(109)110)70(102)97(69(81)101)53-21-13-17-49(33-53)65-57-25-27-59(93-57)66(50-18-14-22-54(34-50)98-71(103)83(3)38-84(4,72(98)104)44-90(10,43-83)78(111)112)61-29-31-63(95-61)68(52-20-16-24-56(36-52)100-75(107)87(7)40-88(8,76(100)108)48-92(12,47-87)80(115)116)64-32-30-62(96-64)67(60-28-26-58(65)94-60)51-19-15-23-55(35-51)99-73(105)85(5)39-86(6,74(99)106)46-91(11,45-85)79(113)114/h13-36,93,96H,37-48H2,1-12H3,(H,109,110)(H,111,112)(H,113,114)(H,115,116)/t81-,82+,83-,84+,85-,86+,87-,88+,89?,90?,91?,92?. The molecule has 594 valence electrons. The second-order valence-electron chi connectivity index (χ2n) is 38.6. The van der Waals surface area contributed by atoms with Crippen LogP contribution in [0.3, 0.4) is 0 Å². The topological polar surface area (TPSA) is 356 Å². The summed E-state index contributed by atoms with van der Waals surface area (Å²) >= 11 is 0. The Hall–Kier alpha value is -12.1. The number of amides is 8. The molecular weight excluding hydrogens is 1470 g/mol. The second kappa shape index (κ2) is 24.7. The molecule has 0 spiro atoms. The number of piperidine rings is 4. The number of H-pyrrole nitrogens is 2. The van der Waals surface area contributed by atoms with Gasteiger partial charge in [0.1, 0.15) is 0 Å². The van der Waals surface area contributed by atoms with Gasteiger partial charge in [-0.05, 0) is 224 Å². The highest BCUT2D eigenvalue weighted by Gasteiger charge is 2.68. The quantitative estimate of drug-likeness (QED) is 0.0619. The molecule has 4 saturated carbocycles. The number of carbonyl (C=O) groups excluding carboxylic acids is 8. The van der Waals surface area contributed by atoms with Gasteiger partial charge in [-0.3, -0.25) is 57.5 Å². The van der Waals surface area contributed by atoms with Crippen LogP contribution in [0.5, 0.6) is 0 Å². The highest BCUT2D eigenvalue weighted by Crippen LogP contribution is 2.64. The number of carbonyl (C=O) groups is 12. The lowest BCUT2D eigenvalue weighted by Crippen LogP contribution is -2.64. The van der Waals surface area contributed by atoms with Crippen LogP contribution in [-0.4, -0.2) is 111 Å². The van der Waals surface area contributed by atoms with Gasteiger partial charge < -0.3 is 30.4 Å².